The lowest BCUT2D eigenvalue weighted by molar-refractivity contribution is 0.356. The zero-order valence-corrected chi connectivity index (χ0v) is 10.3. The molecule has 1 N–H and O–H groups in total. The van der Waals surface area contributed by atoms with Gasteiger partial charge in [-0.05, 0) is 61.4 Å². The van der Waals surface area contributed by atoms with Crippen molar-refractivity contribution in [2.45, 2.75) is 33.1 Å². The number of hydrogen-bond donors (Lipinski definition) is 1. The molecule has 1 aromatic carbocycles. The van der Waals surface area contributed by atoms with Crippen molar-refractivity contribution in [2.75, 3.05) is 13.1 Å². The number of piperidine rings is 1. The summed E-state index contributed by atoms with van der Waals surface area (Å²) in [6.07, 6.45) is 1.09. The molecule has 1 saturated heterocycles. The summed E-state index contributed by atoms with van der Waals surface area (Å²) in [5.41, 5.74) is 3.03. The second kappa shape index (κ2) is 4.54. The first-order valence-corrected chi connectivity index (χ1v) is 6.05. The Kier molecular flexibility index (Phi) is 3.29. The molecule has 0 aromatic heterocycles. The molecule has 0 radical (unpaired) electrons. The average molecular weight is 221 g/mol. The van der Waals surface area contributed by atoms with Crippen molar-refractivity contribution in [1.29, 1.82) is 0 Å². The van der Waals surface area contributed by atoms with Gasteiger partial charge in [-0.15, -0.1) is 0 Å². The molecule has 1 aromatic rings. The topological polar surface area (TPSA) is 12.0 Å². The summed E-state index contributed by atoms with van der Waals surface area (Å²) >= 11 is 0. The van der Waals surface area contributed by atoms with Crippen LogP contribution in [0.2, 0.25) is 0 Å². The van der Waals surface area contributed by atoms with Gasteiger partial charge in [0.15, 0.2) is 0 Å². The van der Waals surface area contributed by atoms with Gasteiger partial charge in [0, 0.05) is 6.54 Å². The smallest absolute Gasteiger partial charge is 0.127 e. The minimum absolute atomic E-state index is 0.0293. The van der Waals surface area contributed by atoms with E-state index in [1.165, 1.54) is 0 Å². The first kappa shape index (κ1) is 11.6. The Bertz CT molecular complexity index is 363. The van der Waals surface area contributed by atoms with Gasteiger partial charge >= 0.3 is 0 Å². The number of hydrogen-bond acceptors (Lipinski definition) is 1. The molecular formula is C14H20FN. The molecule has 0 saturated carbocycles. The third-order valence-corrected chi connectivity index (χ3v) is 3.46. The van der Waals surface area contributed by atoms with Gasteiger partial charge in [-0.3, -0.25) is 0 Å². The molecule has 1 fully saturated rings. The maximum absolute atomic E-state index is 14.0. The molecule has 1 aliphatic heterocycles. The monoisotopic (exact) mass is 221 g/mol. The van der Waals surface area contributed by atoms with Gasteiger partial charge in [-0.2, -0.15) is 0 Å². The highest BCUT2D eigenvalue weighted by atomic mass is 19.1. The van der Waals surface area contributed by atoms with Crippen molar-refractivity contribution in [1.82, 2.24) is 5.32 Å². The van der Waals surface area contributed by atoms with E-state index in [0.29, 0.717) is 11.8 Å². The molecule has 0 bridgehead atoms. The van der Waals surface area contributed by atoms with E-state index >= 15 is 0 Å². The minimum Gasteiger partial charge on any atom is -0.316 e. The number of aryl methyl sites for hydroxylation is 2. The highest BCUT2D eigenvalue weighted by molar-refractivity contribution is 5.35. The third kappa shape index (κ3) is 2.27. The van der Waals surface area contributed by atoms with Crippen molar-refractivity contribution < 1.29 is 4.39 Å². The highest BCUT2D eigenvalue weighted by Gasteiger charge is 2.24. The fraction of sp³-hybridized carbons (Fsp3) is 0.571. The van der Waals surface area contributed by atoms with Crippen LogP contribution in [0.3, 0.4) is 0 Å². The Hall–Kier alpha value is -0.890. The largest absolute Gasteiger partial charge is 0.316 e. The number of nitrogens with one attached hydrogen (secondary N) is 1. The SMILES string of the molecule is Cc1cc(C)c(C2CNCC(C)C2)c(F)c1. The minimum atomic E-state index is -0.0293. The van der Waals surface area contributed by atoms with Crippen LogP contribution in [0.5, 0.6) is 0 Å². The van der Waals surface area contributed by atoms with Crippen LogP contribution >= 0.6 is 0 Å². The molecule has 1 aliphatic rings. The van der Waals surface area contributed by atoms with Gasteiger partial charge in [-0.1, -0.05) is 13.0 Å². The van der Waals surface area contributed by atoms with E-state index < -0.39 is 0 Å². The van der Waals surface area contributed by atoms with E-state index in [9.17, 15) is 4.39 Å². The Morgan fingerprint density at radius 1 is 1.25 bits per heavy atom. The first-order valence-electron chi connectivity index (χ1n) is 6.05. The summed E-state index contributed by atoms with van der Waals surface area (Å²) in [5.74, 6) is 0.946. The molecule has 0 spiro atoms. The van der Waals surface area contributed by atoms with Gasteiger partial charge in [0.1, 0.15) is 5.82 Å². The summed E-state index contributed by atoms with van der Waals surface area (Å²) in [6, 6.07) is 3.74. The second-order valence-corrected chi connectivity index (χ2v) is 5.17. The van der Waals surface area contributed by atoms with Crippen LogP contribution in [-0.4, -0.2) is 13.1 Å². The lowest BCUT2D eigenvalue weighted by Crippen LogP contribution is -2.34. The van der Waals surface area contributed by atoms with Crippen LogP contribution in [0.25, 0.3) is 0 Å². The fourth-order valence-electron chi connectivity index (χ4n) is 2.82. The number of halogens is 1. The molecule has 88 valence electrons. The predicted octanol–water partition coefficient (Wildman–Crippen LogP) is 3.16. The van der Waals surface area contributed by atoms with Crippen LogP contribution in [0.4, 0.5) is 4.39 Å². The first-order chi connectivity index (χ1) is 7.58. The summed E-state index contributed by atoms with van der Waals surface area (Å²) < 4.78 is 14.0. The molecular weight excluding hydrogens is 201 g/mol. The lowest BCUT2D eigenvalue weighted by Gasteiger charge is -2.29. The molecule has 1 heterocycles. The van der Waals surface area contributed by atoms with Crippen molar-refractivity contribution in [3.8, 4) is 0 Å². The molecule has 1 nitrogen and oxygen atoms in total. The van der Waals surface area contributed by atoms with E-state index in [2.05, 4.69) is 18.3 Å². The maximum Gasteiger partial charge on any atom is 0.127 e. The number of rotatable bonds is 1. The average Bonchev–Trinajstić information content (AvgIpc) is 2.15. The van der Waals surface area contributed by atoms with E-state index in [1.807, 2.05) is 13.8 Å². The molecule has 0 aliphatic carbocycles. The van der Waals surface area contributed by atoms with Crippen molar-refractivity contribution in [3.05, 3.63) is 34.6 Å². The summed E-state index contributed by atoms with van der Waals surface area (Å²) in [7, 11) is 0. The Morgan fingerprint density at radius 3 is 2.62 bits per heavy atom. The van der Waals surface area contributed by atoms with E-state index in [1.54, 1.807) is 6.07 Å². The summed E-state index contributed by atoms with van der Waals surface area (Å²) in [6.45, 7) is 8.15. The van der Waals surface area contributed by atoms with E-state index in [4.69, 9.17) is 0 Å². The van der Waals surface area contributed by atoms with Crippen LogP contribution < -0.4 is 5.32 Å². The molecule has 2 unspecified atom stereocenters. The zero-order chi connectivity index (χ0) is 11.7. The van der Waals surface area contributed by atoms with Crippen molar-refractivity contribution in [3.63, 3.8) is 0 Å². The molecule has 16 heavy (non-hydrogen) atoms. The van der Waals surface area contributed by atoms with Crippen LogP contribution in [0, 0.1) is 25.6 Å². The Balaban J connectivity index is 2.32. The molecule has 2 rings (SSSR count). The summed E-state index contributed by atoms with van der Waals surface area (Å²) in [4.78, 5) is 0. The van der Waals surface area contributed by atoms with Crippen molar-refractivity contribution in [2.24, 2.45) is 5.92 Å². The van der Waals surface area contributed by atoms with Gasteiger partial charge < -0.3 is 5.32 Å². The Labute approximate surface area is 97.1 Å². The lowest BCUT2D eigenvalue weighted by atomic mass is 9.84. The standard InChI is InChI=1S/C14H20FN/c1-9-4-11(3)14(13(15)6-9)12-5-10(2)7-16-8-12/h4,6,10,12,16H,5,7-8H2,1-3H3. The second-order valence-electron chi connectivity index (χ2n) is 5.17. The summed E-state index contributed by atoms with van der Waals surface area (Å²) in [5, 5.41) is 3.39. The molecule has 0 amide bonds. The number of benzene rings is 1. The third-order valence-electron chi connectivity index (χ3n) is 3.46. The Morgan fingerprint density at radius 2 is 2.00 bits per heavy atom. The fourth-order valence-corrected chi connectivity index (χ4v) is 2.82. The normalized spacial score (nSPS) is 25.8. The van der Waals surface area contributed by atoms with Gasteiger partial charge in [0.2, 0.25) is 0 Å². The zero-order valence-electron chi connectivity index (χ0n) is 10.3. The quantitative estimate of drug-likeness (QED) is 0.768. The van der Waals surface area contributed by atoms with Crippen LogP contribution in [0.1, 0.15) is 36.0 Å². The maximum atomic E-state index is 14.0. The van der Waals surface area contributed by atoms with E-state index in [-0.39, 0.29) is 5.82 Å². The highest BCUT2D eigenvalue weighted by Crippen LogP contribution is 2.31. The molecule has 2 heteroatoms. The van der Waals surface area contributed by atoms with Gasteiger partial charge in [0.25, 0.3) is 0 Å². The van der Waals surface area contributed by atoms with Gasteiger partial charge in [-0.25, -0.2) is 4.39 Å². The predicted molar refractivity (Wildman–Crippen MR) is 65.3 cm³/mol. The molecule has 2 atom stereocenters. The van der Waals surface area contributed by atoms with Crippen molar-refractivity contribution >= 4 is 0 Å². The van der Waals surface area contributed by atoms with Gasteiger partial charge in [0.05, 0.1) is 0 Å². The van der Waals surface area contributed by atoms with E-state index in [0.717, 1.165) is 36.2 Å². The van der Waals surface area contributed by atoms with Crippen LogP contribution in [-0.2, 0) is 0 Å². The van der Waals surface area contributed by atoms with Crippen LogP contribution in [0.15, 0.2) is 12.1 Å².